The zero-order valence-electron chi connectivity index (χ0n) is 15.7. The first-order valence-corrected chi connectivity index (χ1v) is 9.51. The fourth-order valence-corrected chi connectivity index (χ4v) is 3.04. The van der Waals surface area contributed by atoms with Crippen LogP contribution in [0.2, 0.25) is 0 Å². The Kier molecular flexibility index (Phi) is 7.71. The molecule has 1 amide bonds. The average Bonchev–Trinajstić information content (AvgIpc) is 2.96. The summed E-state index contributed by atoms with van der Waals surface area (Å²) in [4.78, 5) is 16.4. The van der Waals surface area contributed by atoms with Gasteiger partial charge in [0.05, 0.1) is 11.0 Å². The summed E-state index contributed by atoms with van der Waals surface area (Å²) >= 11 is 0. The molecule has 0 saturated carbocycles. The van der Waals surface area contributed by atoms with Gasteiger partial charge in [-0.1, -0.05) is 51.3 Å². The van der Waals surface area contributed by atoms with Crippen LogP contribution in [0, 0.1) is 0 Å². The van der Waals surface area contributed by atoms with E-state index >= 15 is 0 Å². The Labute approximate surface area is 151 Å². The Morgan fingerprint density at radius 2 is 1.92 bits per heavy atom. The van der Waals surface area contributed by atoms with Crippen LogP contribution in [0.1, 0.15) is 58.2 Å². The minimum Gasteiger partial charge on any atom is -0.352 e. The van der Waals surface area contributed by atoms with Crippen molar-refractivity contribution >= 4 is 16.9 Å². The van der Waals surface area contributed by atoms with E-state index in [1.165, 1.54) is 37.6 Å². The molecule has 0 aliphatic heterocycles. The zero-order chi connectivity index (χ0) is 18.1. The molecule has 0 aliphatic rings. The topological polar surface area (TPSA) is 46.9 Å². The van der Waals surface area contributed by atoms with Crippen LogP contribution in [0.15, 0.2) is 36.4 Å². The fourth-order valence-electron chi connectivity index (χ4n) is 3.04. The molecule has 136 valence electrons. The standard InChI is InChI=1S/C21H31N3O/c1-4-5-6-7-10-16-24-19-13-9-8-12-18(19)23-20(24)14-11-15-22-21(25)17(2)3/h8-9,12-13H,2,4-7,10-11,14-16H2,1,3H3,(H,22,25). The van der Waals surface area contributed by atoms with Crippen LogP contribution in [0.4, 0.5) is 0 Å². The summed E-state index contributed by atoms with van der Waals surface area (Å²) in [5, 5.41) is 2.90. The van der Waals surface area contributed by atoms with Gasteiger partial charge in [-0.25, -0.2) is 4.98 Å². The second kappa shape index (κ2) is 10.0. The molecule has 0 aliphatic carbocycles. The number of nitrogens with zero attached hydrogens (tertiary/aromatic N) is 2. The number of aromatic nitrogens is 2. The van der Waals surface area contributed by atoms with Gasteiger partial charge in [-0.15, -0.1) is 0 Å². The van der Waals surface area contributed by atoms with Gasteiger partial charge in [0.15, 0.2) is 0 Å². The molecule has 0 bridgehead atoms. The number of hydrogen-bond acceptors (Lipinski definition) is 2. The third kappa shape index (κ3) is 5.73. The number of hydrogen-bond donors (Lipinski definition) is 1. The molecule has 1 heterocycles. The molecular formula is C21H31N3O. The fraction of sp³-hybridized carbons (Fsp3) is 0.524. The number of carbonyl (C=O) groups is 1. The summed E-state index contributed by atoms with van der Waals surface area (Å²) in [5.41, 5.74) is 2.84. The molecule has 4 heteroatoms. The number of para-hydroxylation sites is 2. The predicted octanol–water partition coefficient (Wildman–Crippen LogP) is 4.63. The summed E-state index contributed by atoms with van der Waals surface area (Å²) in [6.45, 7) is 9.32. The molecular weight excluding hydrogens is 310 g/mol. The summed E-state index contributed by atoms with van der Waals surface area (Å²) in [5.74, 6) is 1.06. The van der Waals surface area contributed by atoms with E-state index in [4.69, 9.17) is 4.98 Å². The van der Waals surface area contributed by atoms with Crippen molar-refractivity contribution in [1.29, 1.82) is 0 Å². The lowest BCUT2D eigenvalue weighted by atomic mass is 10.1. The highest BCUT2D eigenvalue weighted by molar-refractivity contribution is 5.92. The average molecular weight is 341 g/mol. The highest BCUT2D eigenvalue weighted by atomic mass is 16.1. The number of benzene rings is 1. The molecule has 25 heavy (non-hydrogen) atoms. The van der Waals surface area contributed by atoms with Gasteiger partial charge in [0.2, 0.25) is 5.91 Å². The van der Waals surface area contributed by atoms with Gasteiger partial charge in [-0.3, -0.25) is 4.79 Å². The molecule has 0 fully saturated rings. The smallest absolute Gasteiger partial charge is 0.246 e. The minimum absolute atomic E-state index is 0.0653. The van der Waals surface area contributed by atoms with Crippen LogP contribution in [-0.2, 0) is 17.8 Å². The van der Waals surface area contributed by atoms with Crippen LogP contribution in [0.25, 0.3) is 11.0 Å². The van der Waals surface area contributed by atoms with Crippen molar-refractivity contribution in [2.75, 3.05) is 6.54 Å². The highest BCUT2D eigenvalue weighted by Crippen LogP contribution is 2.18. The minimum atomic E-state index is -0.0653. The van der Waals surface area contributed by atoms with Crippen molar-refractivity contribution in [3.05, 3.63) is 42.2 Å². The summed E-state index contributed by atoms with van der Waals surface area (Å²) in [6.07, 6.45) is 8.13. The maximum absolute atomic E-state index is 11.6. The van der Waals surface area contributed by atoms with Crippen LogP contribution in [0.3, 0.4) is 0 Å². The third-order valence-electron chi connectivity index (χ3n) is 4.47. The zero-order valence-corrected chi connectivity index (χ0v) is 15.7. The van der Waals surface area contributed by atoms with Gasteiger partial charge in [0, 0.05) is 25.1 Å². The van der Waals surface area contributed by atoms with Crippen molar-refractivity contribution < 1.29 is 4.79 Å². The number of imidazole rings is 1. The SMILES string of the molecule is C=C(C)C(=O)NCCCc1nc2ccccc2n1CCCCCCC. The number of unbranched alkanes of at least 4 members (excludes halogenated alkanes) is 4. The Hall–Kier alpha value is -2.10. The van der Waals surface area contributed by atoms with Crippen molar-refractivity contribution in [2.45, 2.75) is 65.3 Å². The van der Waals surface area contributed by atoms with Crippen LogP contribution in [-0.4, -0.2) is 22.0 Å². The second-order valence-electron chi connectivity index (χ2n) is 6.72. The van der Waals surface area contributed by atoms with Gasteiger partial charge in [-0.05, 0) is 31.9 Å². The quantitative estimate of drug-likeness (QED) is 0.478. The van der Waals surface area contributed by atoms with Crippen LogP contribution in [0.5, 0.6) is 0 Å². The van der Waals surface area contributed by atoms with Gasteiger partial charge in [0.25, 0.3) is 0 Å². The normalized spacial score (nSPS) is 11.0. The number of aryl methyl sites for hydroxylation is 2. The maximum Gasteiger partial charge on any atom is 0.246 e. The lowest BCUT2D eigenvalue weighted by Crippen LogP contribution is -2.25. The summed E-state index contributed by atoms with van der Waals surface area (Å²) in [6, 6.07) is 8.35. The highest BCUT2D eigenvalue weighted by Gasteiger charge is 2.10. The molecule has 1 aromatic carbocycles. The number of amides is 1. The number of rotatable bonds is 11. The van der Waals surface area contributed by atoms with E-state index in [9.17, 15) is 4.79 Å². The largest absolute Gasteiger partial charge is 0.352 e. The Bertz CT molecular complexity index is 702. The van der Waals surface area contributed by atoms with E-state index < -0.39 is 0 Å². The van der Waals surface area contributed by atoms with Crippen LogP contribution < -0.4 is 5.32 Å². The van der Waals surface area contributed by atoms with E-state index in [0.717, 1.165) is 30.7 Å². The number of nitrogens with one attached hydrogen (secondary N) is 1. The molecule has 0 spiro atoms. The molecule has 0 radical (unpaired) electrons. The van der Waals surface area contributed by atoms with Crippen molar-refractivity contribution in [2.24, 2.45) is 0 Å². The van der Waals surface area contributed by atoms with Gasteiger partial charge in [0.1, 0.15) is 5.82 Å². The van der Waals surface area contributed by atoms with Gasteiger partial charge >= 0.3 is 0 Å². The summed E-state index contributed by atoms with van der Waals surface area (Å²) < 4.78 is 2.36. The molecule has 0 saturated heterocycles. The first-order chi connectivity index (χ1) is 12.1. The maximum atomic E-state index is 11.6. The number of carbonyl (C=O) groups excluding carboxylic acids is 1. The predicted molar refractivity (Wildman–Crippen MR) is 105 cm³/mol. The summed E-state index contributed by atoms with van der Waals surface area (Å²) in [7, 11) is 0. The Morgan fingerprint density at radius 1 is 1.16 bits per heavy atom. The van der Waals surface area contributed by atoms with Crippen molar-refractivity contribution in [3.8, 4) is 0 Å². The van der Waals surface area contributed by atoms with E-state index in [1.807, 2.05) is 6.07 Å². The van der Waals surface area contributed by atoms with Gasteiger partial charge < -0.3 is 9.88 Å². The Balaban J connectivity index is 1.96. The Morgan fingerprint density at radius 3 is 2.68 bits per heavy atom. The molecule has 1 N–H and O–H groups in total. The first-order valence-electron chi connectivity index (χ1n) is 9.51. The molecule has 2 rings (SSSR count). The molecule has 0 atom stereocenters. The molecule has 2 aromatic rings. The number of fused-ring (bicyclic) bond motifs is 1. The lowest BCUT2D eigenvalue weighted by Gasteiger charge is -2.10. The first kappa shape index (κ1) is 19.2. The monoisotopic (exact) mass is 341 g/mol. The van der Waals surface area contributed by atoms with Crippen molar-refractivity contribution in [1.82, 2.24) is 14.9 Å². The van der Waals surface area contributed by atoms with E-state index in [2.05, 4.69) is 41.6 Å². The van der Waals surface area contributed by atoms with Gasteiger partial charge in [-0.2, -0.15) is 0 Å². The lowest BCUT2D eigenvalue weighted by molar-refractivity contribution is -0.117. The van der Waals surface area contributed by atoms with E-state index in [1.54, 1.807) is 6.92 Å². The van der Waals surface area contributed by atoms with E-state index in [0.29, 0.717) is 12.1 Å². The van der Waals surface area contributed by atoms with Crippen molar-refractivity contribution in [3.63, 3.8) is 0 Å². The third-order valence-corrected chi connectivity index (χ3v) is 4.47. The van der Waals surface area contributed by atoms with E-state index in [-0.39, 0.29) is 5.91 Å². The molecule has 0 unspecified atom stereocenters. The second-order valence-corrected chi connectivity index (χ2v) is 6.72. The van der Waals surface area contributed by atoms with Crippen LogP contribution >= 0.6 is 0 Å². The molecule has 1 aromatic heterocycles. The molecule has 4 nitrogen and oxygen atoms in total.